The van der Waals surface area contributed by atoms with E-state index in [2.05, 4.69) is 21.2 Å². The second kappa shape index (κ2) is 6.86. The smallest absolute Gasteiger partial charge is 0.271 e. The van der Waals surface area contributed by atoms with Gasteiger partial charge in [0, 0.05) is 39.9 Å². The number of pyridine rings is 1. The number of carbonyl (C=O) groups excluding carboxylic acids is 1. The van der Waals surface area contributed by atoms with E-state index in [9.17, 15) is 19.7 Å². The number of benzene rings is 2. The van der Waals surface area contributed by atoms with Crippen molar-refractivity contribution in [3.63, 3.8) is 0 Å². The molecule has 126 valence electrons. The van der Waals surface area contributed by atoms with Crippen LogP contribution in [0.25, 0.3) is 10.9 Å². The van der Waals surface area contributed by atoms with Crippen LogP contribution in [-0.4, -0.2) is 15.4 Å². The van der Waals surface area contributed by atoms with Crippen molar-refractivity contribution in [2.75, 3.05) is 5.32 Å². The number of nitrogens with one attached hydrogen (secondary N) is 1. The van der Waals surface area contributed by atoms with E-state index in [1.54, 1.807) is 35.0 Å². The lowest BCUT2D eigenvalue weighted by Crippen LogP contribution is -2.20. The molecule has 3 aromatic rings. The number of rotatable bonds is 4. The average Bonchev–Trinajstić information content (AvgIpc) is 2.57. The molecule has 0 aliphatic heterocycles. The molecule has 0 bridgehead atoms. The van der Waals surface area contributed by atoms with Crippen molar-refractivity contribution in [2.24, 2.45) is 0 Å². The number of carbonyl (C=O) groups is 1. The van der Waals surface area contributed by atoms with E-state index in [-0.39, 0.29) is 23.6 Å². The number of anilines is 1. The fourth-order valence-electron chi connectivity index (χ4n) is 2.47. The van der Waals surface area contributed by atoms with Crippen LogP contribution in [0.4, 0.5) is 11.4 Å². The molecule has 2 aromatic carbocycles. The van der Waals surface area contributed by atoms with Gasteiger partial charge < -0.3 is 9.88 Å². The largest absolute Gasteiger partial charge is 0.338 e. The zero-order valence-electron chi connectivity index (χ0n) is 12.8. The molecule has 0 aliphatic carbocycles. The summed E-state index contributed by atoms with van der Waals surface area (Å²) in [6, 6.07) is 12.3. The van der Waals surface area contributed by atoms with Crippen molar-refractivity contribution < 1.29 is 9.72 Å². The van der Waals surface area contributed by atoms with Crippen molar-refractivity contribution in [2.45, 2.75) is 6.54 Å². The Kier molecular flexibility index (Phi) is 4.62. The van der Waals surface area contributed by atoms with Gasteiger partial charge in [-0.15, -0.1) is 0 Å². The van der Waals surface area contributed by atoms with E-state index in [4.69, 9.17) is 0 Å². The first kappa shape index (κ1) is 16.8. The van der Waals surface area contributed by atoms with Gasteiger partial charge in [-0.2, -0.15) is 0 Å². The number of halogens is 1. The van der Waals surface area contributed by atoms with Gasteiger partial charge in [0.05, 0.1) is 10.4 Å². The van der Waals surface area contributed by atoms with Crippen LogP contribution in [0.15, 0.2) is 64.0 Å². The summed E-state index contributed by atoms with van der Waals surface area (Å²) in [4.78, 5) is 34.5. The molecule has 3 rings (SSSR count). The molecule has 0 unspecified atom stereocenters. The van der Waals surface area contributed by atoms with Crippen molar-refractivity contribution in [1.29, 1.82) is 0 Å². The Labute approximate surface area is 150 Å². The van der Waals surface area contributed by atoms with Gasteiger partial charge in [-0.1, -0.05) is 22.0 Å². The van der Waals surface area contributed by atoms with Crippen molar-refractivity contribution >= 4 is 44.1 Å². The molecule has 0 saturated heterocycles. The van der Waals surface area contributed by atoms with Crippen molar-refractivity contribution in [3.05, 3.63) is 79.5 Å². The lowest BCUT2D eigenvalue weighted by atomic mass is 10.2. The molecule has 1 N–H and O–H groups in total. The summed E-state index contributed by atoms with van der Waals surface area (Å²) in [7, 11) is 0. The molecule has 0 aliphatic rings. The van der Waals surface area contributed by atoms with Gasteiger partial charge in [0.2, 0.25) is 5.91 Å². The van der Waals surface area contributed by atoms with Gasteiger partial charge in [0.1, 0.15) is 6.54 Å². The average molecular weight is 402 g/mol. The van der Waals surface area contributed by atoms with Crippen LogP contribution in [0.3, 0.4) is 0 Å². The summed E-state index contributed by atoms with van der Waals surface area (Å²) >= 11 is 3.35. The normalized spacial score (nSPS) is 10.6. The molecule has 0 atom stereocenters. The topological polar surface area (TPSA) is 94.2 Å². The second-order valence-electron chi connectivity index (χ2n) is 5.32. The minimum atomic E-state index is -0.525. The summed E-state index contributed by atoms with van der Waals surface area (Å²) in [6.07, 6.45) is 1.55. The standard InChI is InChI=1S/C17H12BrN3O4/c18-11-4-5-14-15(8-11)20(7-6-16(14)22)10-17(23)19-12-2-1-3-13(9-12)21(24)25/h1-9H,10H2,(H,19,23). The minimum absolute atomic E-state index is 0.0318. The van der Waals surface area contributed by atoms with E-state index in [0.717, 1.165) is 4.47 Å². The van der Waals surface area contributed by atoms with E-state index >= 15 is 0 Å². The zero-order chi connectivity index (χ0) is 18.0. The molecular weight excluding hydrogens is 390 g/mol. The van der Waals surface area contributed by atoms with Gasteiger partial charge in [-0.05, 0) is 24.3 Å². The summed E-state index contributed by atoms with van der Waals surface area (Å²) in [5, 5.41) is 13.9. The molecule has 0 spiro atoms. The second-order valence-corrected chi connectivity index (χ2v) is 6.24. The Balaban J connectivity index is 1.86. The molecule has 0 fully saturated rings. The maximum atomic E-state index is 12.3. The Morgan fingerprint density at radius 2 is 2.00 bits per heavy atom. The highest BCUT2D eigenvalue weighted by molar-refractivity contribution is 9.10. The predicted octanol–water partition coefficient (Wildman–Crippen LogP) is 3.31. The van der Waals surface area contributed by atoms with Gasteiger partial charge in [-0.3, -0.25) is 19.7 Å². The number of nitro benzene ring substituents is 1. The number of aromatic nitrogens is 1. The molecular formula is C17H12BrN3O4. The number of nitrogens with zero attached hydrogens (tertiary/aromatic N) is 2. The summed E-state index contributed by atoms with van der Waals surface area (Å²) in [6.45, 7) is -0.0318. The molecule has 0 saturated carbocycles. The third-order valence-corrected chi connectivity index (χ3v) is 4.09. The molecule has 1 amide bonds. The molecule has 7 nitrogen and oxygen atoms in total. The maximum Gasteiger partial charge on any atom is 0.271 e. The fraction of sp³-hybridized carbons (Fsp3) is 0.0588. The Morgan fingerprint density at radius 1 is 1.20 bits per heavy atom. The Hall–Kier alpha value is -3.00. The van der Waals surface area contributed by atoms with Crippen LogP contribution in [-0.2, 0) is 11.3 Å². The van der Waals surface area contributed by atoms with Crippen LogP contribution in [0.1, 0.15) is 0 Å². The number of fused-ring (bicyclic) bond motifs is 1. The number of amides is 1. The van der Waals surface area contributed by atoms with Crippen LogP contribution in [0.5, 0.6) is 0 Å². The van der Waals surface area contributed by atoms with Crippen molar-refractivity contribution in [3.8, 4) is 0 Å². The fourth-order valence-corrected chi connectivity index (χ4v) is 2.82. The monoisotopic (exact) mass is 401 g/mol. The summed E-state index contributed by atoms with van der Waals surface area (Å²) in [5.74, 6) is -0.356. The third-order valence-electron chi connectivity index (χ3n) is 3.60. The lowest BCUT2D eigenvalue weighted by molar-refractivity contribution is -0.384. The number of nitro groups is 1. The van der Waals surface area contributed by atoms with E-state index in [1.807, 2.05) is 0 Å². The number of non-ortho nitro benzene ring substituents is 1. The van der Waals surface area contributed by atoms with Crippen LogP contribution in [0.2, 0.25) is 0 Å². The van der Waals surface area contributed by atoms with Gasteiger partial charge in [-0.25, -0.2) is 0 Å². The first-order valence-corrected chi connectivity index (χ1v) is 8.06. The lowest BCUT2D eigenvalue weighted by Gasteiger charge is -2.11. The molecule has 1 heterocycles. The first-order valence-electron chi connectivity index (χ1n) is 7.27. The van der Waals surface area contributed by atoms with Crippen molar-refractivity contribution in [1.82, 2.24) is 4.57 Å². The molecule has 25 heavy (non-hydrogen) atoms. The minimum Gasteiger partial charge on any atom is -0.338 e. The molecule has 1 aromatic heterocycles. The zero-order valence-corrected chi connectivity index (χ0v) is 14.4. The highest BCUT2D eigenvalue weighted by Gasteiger charge is 2.10. The molecule has 0 radical (unpaired) electrons. The van der Waals surface area contributed by atoms with E-state index in [0.29, 0.717) is 16.6 Å². The maximum absolute atomic E-state index is 12.3. The van der Waals surface area contributed by atoms with Gasteiger partial charge in [0.25, 0.3) is 5.69 Å². The first-order chi connectivity index (χ1) is 11.9. The van der Waals surface area contributed by atoms with Crippen LogP contribution < -0.4 is 10.7 Å². The number of hydrogen-bond acceptors (Lipinski definition) is 4. The third kappa shape index (κ3) is 3.74. The highest BCUT2D eigenvalue weighted by atomic mass is 79.9. The van der Waals surface area contributed by atoms with E-state index in [1.165, 1.54) is 24.3 Å². The van der Waals surface area contributed by atoms with Gasteiger partial charge >= 0.3 is 0 Å². The van der Waals surface area contributed by atoms with E-state index < -0.39 is 4.92 Å². The van der Waals surface area contributed by atoms with Crippen LogP contribution in [0, 0.1) is 10.1 Å². The Morgan fingerprint density at radius 3 is 2.76 bits per heavy atom. The SMILES string of the molecule is O=C(Cn1ccc(=O)c2ccc(Br)cc21)Nc1cccc([N+](=O)[O-])c1. The van der Waals surface area contributed by atoms with Crippen LogP contribution >= 0.6 is 15.9 Å². The quantitative estimate of drug-likeness (QED) is 0.535. The summed E-state index contributed by atoms with van der Waals surface area (Å²) < 4.78 is 2.44. The molecule has 8 heteroatoms. The Bertz CT molecular complexity index is 1050. The predicted molar refractivity (Wildman–Crippen MR) is 97.6 cm³/mol. The van der Waals surface area contributed by atoms with Gasteiger partial charge in [0.15, 0.2) is 5.43 Å². The summed E-state index contributed by atoms with van der Waals surface area (Å²) in [5.41, 5.74) is 0.732. The highest BCUT2D eigenvalue weighted by Crippen LogP contribution is 2.19. The number of hydrogen-bond donors (Lipinski definition) is 1.